The Hall–Kier alpha value is -1.39. The second-order valence-electron chi connectivity index (χ2n) is 4.71. The molecule has 0 heterocycles. The second-order valence-corrected chi connectivity index (χ2v) is 4.71. The van der Waals surface area contributed by atoms with Gasteiger partial charge in [-0.2, -0.15) is 0 Å². The van der Waals surface area contributed by atoms with E-state index in [4.69, 9.17) is 9.84 Å². The van der Waals surface area contributed by atoms with Gasteiger partial charge in [0.05, 0.1) is 18.8 Å². The fraction of sp³-hybridized carbons (Fsp3) is 0.533. The maximum atomic E-state index is 11.8. The van der Waals surface area contributed by atoms with Crippen molar-refractivity contribution in [3.05, 3.63) is 35.9 Å². The van der Waals surface area contributed by atoms with E-state index in [1.54, 1.807) is 0 Å². The van der Waals surface area contributed by atoms with Crippen LogP contribution < -0.4 is 5.32 Å². The molecule has 0 aliphatic carbocycles. The van der Waals surface area contributed by atoms with Crippen molar-refractivity contribution >= 4 is 5.91 Å². The highest BCUT2D eigenvalue weighted by molar-refractivity contribution is 5.76. The Morgan fingerprint density at radius 2 is 2.00 bits per heavy atom. The molecule has 0 saturated heterocycles. The Morgan fingerprint density at radius 3 is 2.58 bits per heavy atom. The highest BCUT2D eigenvalue weighted by atomic mass is 16.5. The van der Waals surface area contributed by atoms with Gasteiger partial charge < -0.3 is 15.2 Å². The molecule has 4 heteroatoms. The van der Waals surface area contributed by atoms with Crippen LogP contribution in [0.4, 0.5) is 0 Å². The van der Waals surface area contributed by atoms with Crippen molar-refractivity contribution in [1.29, 1.82) is 0 Å². The molecule has 1 amide bonds. The van der Waals surface area contributed by atoms with Gasteiger partial charge in [-0.3, -0.25) is 4.79 Å². The zero-order chi connectivity index (χ0) is 14.1. The van der Waals surface area contributed by atoms with Crippen molar-refractivity contribution in [1.82, 2.24) is 5.32 Å². The van der Waals surface area contributed by atoms with Crippen molar-refractivity contribution < 1.29 is 14.6 Å². The van der Waals surface area contributed by atoms with Crippen molar-refractivity contribution in [2.75, 3.05) is 13.2 Å². The van der Waals surface area contributed by atoms with Gasteiger partial charge in [0.2, 0.25) is 5.91 Å². The van der Waals surface area contributed by atoms with Gasteiger partial charge in [-0.15, -0.1) is 0 Å². The van der Waals surface area contributed by atoms with Gasteiger partial charge in [-0.1, -0.05) is 30.3 Å². The number of carbonyl (C=O) groups is 1. The van der Waals surface area contributed by atoms with Crippen LogP contribution in [-0.2, 0) is 9.53 Å². The maximum Gasteiger partial charge on any atom is 0.222 e. The fourth-order valence-electron chi connectivity index (χ4n) is 1.79. The average Bonchev–Trinajstić information content (AvgIpc) is 2.39. The van der Waals surface area contributed by atoms with Gasteiger partial charge in [0.1, 0.15) is 0 Å². The largest absolute Gasteiger partial charge is 0.396 e. The van der Waals surface area contributed by atoms with Gasteiger partial charge in [-0.05, 0) is 25.8 Å². The molecule has 1 unspecified atom stereocenters. The number of aliphatic hydroxyl groups is 1. The highest BCUT2D eigenvalue weighted by Crippen LogP contribution is 2.16. The van der Waals surface area contributed by atoms with E-state index < -0.39 is 0 Å². The van der Waals surface area contributed by atoms with Crippen molar-refractivity contribution in [2.24, 2.45) is 0 Å². The van der Waals surface area contributed by atoms with Crippen LogP contribution in [0.15, 0.2) is 30.3 Å². The first-order chi connectivity index (χ1) is 9.13. The van der Waals surface area contributed by atoms with Crippen molar-refractivity contribution in [3.8, 4) is 0 Å². The first-order valence-electron chi connectivity index (χ1n) is 6.70. The van der Waals surface area contributed by atoms with E-state index in [2.05, 4.69) is 5.32 Å². The lowest BCUT2D eigenvalue weighted by molar-refractivity contribution is -0.123. The van der Waals surface area contributed by atoms with E-state index in [9.17, 15) is 4.79 Å². The number of amides is 1. The summed E-state index contributed by atoms with van der Waals surface area (Å²) in [5.74, 6) is -0.0528. The molecule has 0 bridgehead atoms. The number of benzene rings is 1. The van der Waals surface area contributed by atoms with E-state index in [0.29, 0.717) is 19.4 Å². The van der Waals surface area contributed by atoms with E-state index in [1.165, 1.54) is 0 Å². The molecule has 1 aromatic rings. The van der Waals surface area contributed by atoms with Gasteiger partial charge in [0, 0.05) is 13.0 Å². The zero-order valence-corrected chi connectivity index (χ0v) is 11.6. The third-order valence-corrected chi connectivity index (χ3v) is 2.74. The van der Waals surface area contributed by atoms with Gasteiger partial charge in [0.15, 0.2) is 0 Å². The molecule has 19 heavy (non-hydrogen) atoms. The molecule has 0 radical (unpaired) electrons. The summed E-state index contributed by atoms with van der Waals surface area (Å²) in [7, 11) is 0. The quantitative estimate of drug-likeness (QED) is 0.756. The van der Waals surface area contributed by atoms with E-state index in [0.717, 1.165) is 5.56 Å². The Balaban J connectivity index is 2.47. The summed E-state index contributed by atoms with van der Waals surface area (Å²) in [6.07, 6.45) is 0.989. The summed E-state index contributed by atoms with van der Waals surface area (Å²) in [4.78, 5) is 11.8. The summed E-state index contributed by atoms with van der Waals surface area (Å²) in [5.41, 5.74) is 1.01. The first kappa shape index (κ1) is 15.7. The number of hydrogen-bond donors (Lipinski definition) is 2. The summed E-state index contributed by atoms with van der Waals surface area (Å²) in [6, 6.07) is 9.54. The molecule has 106 valence electrons. The van der Waals surface area contributed by atoms with Crippen molar-refractivity contribution in [3.63, 3.8) is 0 Å². The van der Waals surface area contributed by atoms with Crippen LogP contribution >= 0.6 is 0 Å². The molecule has 1 atom stereocenters. The third kappa shape index (κ3) is 6.36. The maximum absolute atomic E-state index is 11.8. The predicted molar refractivity (Wildman–Crippen MR) is 74.7 cm³/mol. The minimum Gasteiger partial charge on any atom is -0.396 e. The lowest BCUT2D eigenvalue weighted by atomic mass is 10.0. The van der Waals surface area contributed by atoms with E-state index >= 15 is 0 Å². The molecule has 2 N–H and O–H groups in total. The first-order valence-corrected chi connectivity index (χ1v) is 6.70. The molecule has 0 aliphatic rings. The fourth-order valence-corrected chi connectivity index (χ4v) is 1.79. The number of hydrogen-bond acceptors (Lipinski definition) is 3. The van der Waals surface area contributed by atoms with E-state index in [1.807, 2.05) is 44.2 Å². The minimum atomic E-state index is -0.141. The lowest BCUT2D eigenvalue weighted by Gasteiger charge is -2.18. The van der Waals surface area contributed by atoms with Crippen LogP contribution in [0.1, 0.15) is 38.3 Å². The van der Waals surface area contributed by atoms with Crippen LogP contribution in [0.3, 0.4) is 0 Å². The topological polar surface area (TPSA) is 58.6 Å². The monoisotopic (exact) mass is 265 g/mol. The Labute approximate surface area is 114 Å². The minimum absolute atomic E-state index is 0.0440. The van der Waals surface area contributed by atoms with Gasteiger partial charge in [0.25, 0.3) is 0 Å². The molecule has 0 aromatic heterocycles. The molecule has 1 aromatic carbocycles. The van der Waals surface area contributed by atoms with Gasteiger partial charge in [-0.25, -0.2) is 0 Å². The summed E-state index contributed by atoms with van der Waals surface area (Å²) in [6.45, 7) is 4.35. The molecule has 1 rings (SSSR count). The average molecular weight is 265 g/mol. The molecule has 4 nitrogen and oxygen atoms in total. The van der Waals surface area contributed by atoms with Crippen molar-refractivity contribution in [2.45, 2.75) is 38.8 Å². The molecule has 0 fully saturated rings. The number of ether oxygens (including phenoxy) is 1. The standard InChI is InChI=1S/C15H23NO3/c1-12(2)19-11-9-15(18)16-14(8-10-17)13-6-4-3-5-7-13/h3-7,12,14,17H,8-11H2,1-2H3,(H,16,18). The van der Waals surface area contributed by atoms with Crippen LogP contribution in [-0.4, -0.2) is 30.3 Å². The summed E-state index contributed by atoms with van der Waals surface area (Å²) < 4.78 is 5.35. The second kappa shape index (κ2) is 8.67. The zero-order valence-electron chi connectivity index (χ0n) is 11.6. The van der Waals surface area contributed by atoms with Gasteiger partial charge >= 0.3 is 0 Å². The molecular weight excluding hydrogens is 242 g/mol. The van der Waals surface area contributed by atoms with E-state index in [-0.39, 0.29) is 24.7 Å². The SMILES string of the molecule is CC(C)OCCC(=O)NC(CCO)c1ccccc1. The third-order valence-electron chi connectivity index (χ3n) is 2.74. The molecule has 0 spiro atoms. The smallest absolute Gasteiger partial charge is 0.222 e. The number of aliphatic hydroxyl groups excluding tert-OH is 1. The Bertz CT molecular complexity index is 365. The highest BCUT2D eigenvalue weighted by Gasteiger charge is 2.13. The molecule has 0 aliphatic heterocycles. The number of nitrogens with one attached hydrogen (secondary N) is 1. The lowest BCUT2D eigenvalue weighted by Crippen LogP contribution is -2.30. The molecular formula is C15H23NO3. The molecule has 0 saturated carbocycles. The normalized spacial score (nSPS) is 12.4. The van der Waals surface area contributed by atoms with Crippen LogP contribution in [0.5, 0.6) is 0 Å². The number of rotatable bonds is 8. The summed E-state index contributed by atoms with van der Waals surface area (Å²) in [5, 5.41) is 12.0. The predicted octanol–water partition coefficient (Wildman–Crippen LogP) is 2.04. The Kier molecular flexibility index (Phi) is 7.15. The summed E-state index contributed by atoms with van der Waals surface area (Å²) >= 11 is 0. The van der Waals surface area contributed by atoms with Crippen LogP contribution in [0.25, 0.3) is 0 Å². The van der Waals surface area contributed by atoms with Crippen LogP contribution in [0.2, 0.25) is 0 Å². The van der Waals surface area contributed by atoms with Crippen LogP contribution in [0, 0.1) is 0 Å². The Morgan fingerprint density at radius 1 is 1.32 bits per heavy atom. The number of carbonyl (C=O) groups excluding carboxylic acids is 1.